The zero-order chi connectivity index (χ0) is 18.4. The van der Waals surface area contributed by atoms with Gasteiger partial charge in [-0.3, -0.25) is 4.79 Å². The standard InChI is InChI=1S/C21H19NO3S/c1-2-5-15-8-10-16(11-9-15)18(23)14-25-21(24)13-12-20-22-17-6-3-4-7-19(17)26-20/h3-4,6-13H,2,5,14H2,1H3. The fourth-order valence-corrected chi connectivity index (χ4v) is 3.39. The number of benzene rings is 2. The molecule has 1 heterocycles. The van der Waals surface area contributed by atoms with E-state index < -0.39 is 5.97 Å². The van der Waals surface area contributed by atoms with Gasteiger partial charge in [-0.2, -0.15) is 0 Å². The number of thiazole rings is 1. The van der Waals surface area contributed by atoms with E-state index in [1.165, 1.54) is 23.0 Å². The summed E-state index contributed by atoms with van der Waals surface area (Å²) < 4.78 is 6.09. The molecule has 0 aliphatic heterocycles. The van der Waals surface area contributed by atoms with Crippen molar-refractivity contribution in [1.82, 2.24) is 4.98 Å². The first-order chi connectivity index (χ1) is 12.7. The summed E-state index contributed by atoms with van der Waals surface area (Å²) in [7, 11) is 0. The Kier molecular flexibility index (Phi) is 5.92. The Balaban J connectivity index is 1.53. The van der Waals surface area contributed by atoms with Crippen molar-refractivity contribution < 1.29 is 14.3 Å². The molecule has 0 aliphatic rings. The number of carbonyl (C=O) groups is 2. The highest BCUT2D eigenvalue weighted by atomic mass is 32.1. The lowest BCUT2D eigenvalue weighted by Crippen LogP contribution is -2.12. The third-order valence-electron chi connectivity index (χ3n) is 3.83. The van der Waals surface area contributed by atoms with Gasteiger partial charge in [0, 0.05) is 11.6 Å². The molecule has 0 atom stereocenters. The molecular weight excluding hydrogens is 346 g/mol. The normalized spacial score (nSPS) is 11.1. The van der Waals surface area contributed by atoms with Gasteiger partial charge in [0.1, 0.15) is 5.01 Å². The molecular formula is C21H19NO3S. The molecule has 0 saturated heterocycles. The molecule has 132 valence electrons. The fourth-order valence-electron chi connectivity index (χ4n) is 2.51. The van der Waals surface area contributed by atoms with Crippen LogP contribution in [0.4, 0.5) is 0 Å². The van der Waals surface area contributed by atoms with Crippen LogP contribution in [0.2, 0.25) is 0 Å². The van der Waals surface area contributed by atoms with Gasteiger partial charge < -0.3 is 4.74 Å². The van der Waals surface area contributed by atoms with E-state index in [1.807, 2.05) is 36.4 Å². The van der Waals surface area contributed by atoms with E-state index in [0.29, 0.717) is 5.56 Å². The molecule has 5 heteroatoms. The third kappa shape index (κ3) is 4.64. The van der Waals surface area contributed by atoms with Gasteiger partial charge in [-0.1, -0.05) is 49.7 Å². The van der Waals surface area contributed by atoms with E-state index >= 15 is 0 Å². The number of fused-ring (bicyclic) bond motifs is 1. The first-order valence-electron chi connectivity index (χ1n) is 8.48. The van der Waals surface area contributed by atoms with Crippen LogP contribution in [-0.2, 0) is 16.0 Å². The number of aryl methyl sites for hydroxylation is 1. The van der Waals surface area contributed by atoms with Gasteiger partial charge in [-0.25, -0.2) is 9.78 Å². The van der Waals surface area contributed by atoms with E-state index in [-0.39, 0.29) is 12.4 Å². The third-order valence-corrected chi connectivity index (χ3v) is 4.83. The fraction of sp³-hybridized carbons (Fsp3) is 0.190. The number of ether oxygens (including phenoxy) is 1. The van der Waals surface area contributed by atoms with Crippen molar-refractivity contribution in [3.63, 3.8) is 0 Å². The van der Waals surface area contributed by atoms with E-state index in [9.17, 15) is 9.59 Å². The monoisotopic (exact) mass is 365 g/mol. The molecule has 0 spiro atoms. The summed E-state index contributed by atoms with van der Waals surface area (Å²) in [4.78, 5) is 28.3. The smallest absolute Gasteiger partial charge is 0.331 e. The number of para-hydroxylation sites is 1. The Morgan fingerprint density at radius 1 is 1.12 bits per heavy atom. The van der Waals surface area contributed by atoms with Crippen LogP contribution in [0.5, 0.6) is 0 Å². The van der Waals surface area contributed by atoms with Crippen LogP contribution in [0, 0.1) is 0 Å². The average Bonchev–Trinajstić information content (AvgIpc) is 3.08. The number of aromatic nitrogens is 1. The molecule has 0 N–H and O–H groups in total. The molecule has 0 saturated carbocycles. The zero-order valence-electron chi connectivity index (χ0n) is 14.5. The summed E-state index contributed by atoms with van der Waals surface area (Å²) in [6.45, 7) is 1.84. The topological polar surface area (TPSA) is 56.3 Å². The molecule has 0 fully saturated rings. The summed E-state index contributed by atoms with van der Waals surface area (Å²) in [5.41, 5.74) is 2.64. The lowest BCUT2D eigenvalue weighted by Gasteiger charge is -2.03. The molecule has 3 rings (SSSR count). The van der Waals surface area contributed by atoms with Gasteiger partial charge in [-0.05, 0) is 30.2 Å². The van der Waals surface area contributed by atoms with Crippen molar-refractivity contribution in [3.05, 3.63) is 70.7 Å². The molecule has 4 nitrogen and oxygen atoms in total. The van der Waals surface area contributed by atoms with Crippen molar-refractivity contribution in [2.24, 2.45) is 0 Å². The van der Waals surface area contributed by atoms with Crippen LogP contribution in [-0.4, -0.2) is 23.3 Å². The molecule has 2 aromatic carbocycles. The second-order valence-electron chi connectivity index (χ2n) is 5.83. The predicted molar refractivity (Wildman–Crippen MR) is 104 cm³/mol. The van der Waals surface area contributed by atoms with Crippen molar-refractivity contribution in [2.45, 2.75) is 19.8 Å². The number of rotatable bonds is 7. The lowest BCUT2D eigenvalue weighted by molar-refractivity contribution is -0.136. The second kappa shape index (κ2) is 8.54. The van der Waals surface area contributed by atoms with Crippen molar-refractivity contribution in [3.8, 4) is 0 Å². The number of esters is 1. The maximum atomic E-state index is 12.1. The van der Waals surface area contributed by atoms with E-state index in [4.69, 9.17) is 4.74 Å². The van der Waals surface area contributed by atoms with Crippen molar-refractivity contribution in [1.29, 1.82) is 0 Å². The Morgan fingerprint density at radius 3 is 2.62 bits per heavy atom. The number of ketones is 1. The van der Waals surface area contributed by atoms with Gasteiger partial charge >= 0.3 is 5.97 Å². The Morgan fingerprint density at radius 2 is 1.88 bits per heavy atom. The van der Waals surface area contributed by atoms with Gasteiger partial charge in [0.25, 0.3) is 0 Å². The van der Waals surface area contributed by atoms with Crippen LogP contribution < -0.4 is 0 Å². The van der Waals surface area contributed by atoms with Crippen LogP contribution in [0.25, 0.3) is 16.3 Å². The highest BCUT2D eigenvalue weighted by Crippen LogP contribution is 2.22. The largest absolute Gasteiger partial charge is 0.454 e. The van der Waals surface area contributed by atoms with Gasteiger partial charge in [0.15, 0.2) is 12.4 Å². The second-order valence-corrected chi connectivity index (χ2v) is 6.89. The van der Waals surface area contributed by atoms with Gasteiger partial charge in [0.05, 0.1) is 10.2 Å². The molecule has 3 aromatic rings. The molecule has 0 aliphatic carbocycles. The highest BCUT2D eigenvalue weighted by molar-refractivity contribution is 7.19. The summed E-state index contributed by atoms with van der Waals surface area (Å²) in [5, 5.41) is 0.723. The molecule has 1 aromatic heterocycles. The SMILES string of the molecule is CCCc1ccc(C(=O)COC(=O)C=Cc2nc3ccccc3s2)cc1. The number of nitrogens with zero attached hydrogens (tertiary/aromatic N) is 1. The Labute approximate surface area is 156 Å². The predicted octanol–water partition coefficient (Wildman–Crippen LogP) is 4.69. The van der Waals surface area contributed by atoms with E-state index in [2.05, 4.69) is 11.9 Å². The van der Waals surface area contributed by atoms with Crippen LogP contribution in [0.3, 0.4) is 0 Å². The van der Waals surface area contributed by atoms with Crippen LogP contribution in [0.1, 0.15) is 34.3 Å². The molecule has 0 amide bonds. The van der Waals surface area contributed by atoms with Crippen molar-refractivity contribution in [2.75, 3.05) is 6.61 Å². The molecule has 26 heavy (non-hydrogen) atoms. The Bertz CT molecular complexity index is 908. The number of hydrogen-bond donors (Lipinski definition) is 0. The molecule has 0 bridgehead atoms. The van der Waals surface area contributed by atoms with Crippen LogP contribution >= 0.6 is 11.3 Å². The summed E-state index contributed by atoms with van der Waals surface area (Å²) in [5.74, 6) is -0.769. The summed E-state index contributed by atoms with van der Waals surface area (Å²) in [6, 6.07) is 15.2. The van der Waals surface area contributed by atoms with E-state index in [0.717, 1.165) is 28.1 Å². The lowest BCUT2D eigenvalue weighted by atomic mass is 10.1. The first-order valence-corrected chi connectivity index (χ1v) is 9.30. The van der Waals surface area contributed by atoms with Gasteiger partial charge in [-0.15, -0.1) is 11.3 Å². The average molecular weight is 365 g/mol. The minimum absolute atomic E-state index is 0.213. The summed E-state index contributed by atoms with van der Waals surface area (Å²) in [6.07, 6.45) is 4.96. The number of carbonyl (C=O) groups excluding carboxylic acids is 2. The van der Waals surface area contributed by atoms with Crippen LogP contribution in [0.15, 0.2) is 54.6 Å². The maximum absolute atomic E-state index is 12.1. The zero-order valence-corrected chi connectivity index (χ0v) is 15.3. The number of Topliss-reactive ketones (excluding diaryl/α,β-unsaturated/α-hetero) is 1. The minimum Gasteiger partial charge on any atom is -0.454 e. The summed E-state index contributed by atoms with van der Waals surface area (Å²) >= 11 is 1.49. The van der Waals surface area contributed by atoms with Gasteiger partial charge in [0.2, 0.25) is 0 Å². The molecule has 0 unspecified atom stereocenters. The van der Waals surface area contributed by atoms with E-state index in [1.54, 1.807) is 18.2 Å². The quantitative estimate of drug-likeness (QED) is 0.346. The Hall–Kier alpha value is -2.79. The molecule has 0 radical (unpaired) electrons. The number of hydrogen-bond acceptors (Lipinski definition) is 5. The first kappa shape index (κ1) is 18.0. The minimum atomic E-state index is -0.555. The maximum Gasteiger partial charge on any atom is 0.331 e. The highest BCUT2D eigenvalue weighted by Gasteiger charge is 2.09. The van der Waals surface area contributed by atoms with Crippen molar-refractivity contribution >= 4 is 39.4 Å².